The number of aromatic nitrogens is 3. The van der Waals surface area contributed by atoms with Crippen molar-refractivity contribution < 1.29 is 9.53 Å². The Hall–Kier alpha value is -2.21. The number of nitrogens with one attached hydrogen (secondary N) is 2. The van der Waals surface area contributed by atoms with E-state index in [1.54, 1.807) is 0 Å². The molecule has 0 saturated carbocycles. The van der Waals surface area contributed by atoms with E-state index >= 15 is 0 Å². The zero-order chi connectivity index (χ0) is 13.5. The summed E-state index contributed by atoms with van der Waals surface area (Å²) in [5.41, 5.74) is 1.04. The number of aromatic amines is 1. The van der Waals surface area contributed by atoms with Crippen LogP contribution in [0.15, 0.2) is 36.7 Å². The predicted octanol–water partition coefficient (Wildman–Crippen LogP) is 1.20. The van der Waals surface area contributed by atoms with Gasteiger partial charge in [-0.25, -0.2) is 4.98 Å². The Morgan fingerprint density at radius 3 is 2.89 bits per heavy atom. The molecule has 100 valence electrons. The largest absolute Gasteiger partial charge is 0.367 e. The summed E-state index contributed by atoms with van der Waals surface area (Å²) in [6, 6.07) is 9.50. The Bertz CT molecular complexity index is 499. The number of carbonyl (C=O) groups excluding carboxylic acids is 1. The zero-order valence-electron chi connectivity index (χ0n) is 10.7. The molecule has 1 unspecified atom stereocenters. The molecule has 6 heteroatoms. The van der Waals surface area contributed by atoms with Crippen LogP contribution in [0.5, 0.6) is 0 Å². The van der Waals surface area contributed by atoms with Gasteiger partial charge in [0, 0.05) is 0 Å². The summed E-state index contributed by atoms with van der Waals surface area (Å²) in [5.74, 6) is 0.441. The minimum atomic E-state index is -0.213. The summed E-state index contributed by atoms with van der Waals surface area (Å²) in [7, 11) is 0. The highest BCUT2D eigenvalue weighted by atomic mass is 16.5. The molecule has 0 bridgehead atoms. The lowest BCUT2D eigenvalue weighted by molar-refractivity contribution is -0.126. The number of amides is 1. The van der Waals surface area contributed by atoms with Crippen LogP contribution in [0.3, 0.4) is 0 Å². The number of rotatable bonds is 6. The Balaban J connectivity index is 1.70. The van der Waals surface area contributed by atoms with E-state index in [0.717, 1.165) is 5.56 Å². The van der Waals surface area contributed by atoms with Crippen molar-refractivity contribution in [3.8, 4) is 0 Å². The fourth-order valence-electron chi connectivity index (χ4n) is 1.61. The molecular formula is C13H16N4O2. The molecule has 2 rings (SSSR count). The van der Waals surface area contributed by atoms with Crippen molar-refractivity contribution in [3.05, 3.63) is 48.0 Å². The molecule has 0 aliphatic carbocycles. The van der Waals surface area contributed by atoms with Crippen LogP contribution >= 0.6 is 0 Å². The van der Waals surface area contributed by atoms with E-state index in [1.807, 2.05) is 37.3 Å². The second kappa shape index (κ2) is 6.65. The van der Waals surface area contributed by atoms with Gasteiger partial charge in [0.1, 0.15) is 18.8 Å². The van der Waals surface area contributed by atoms with Crippen molar-refractivity contribution in [2.45, 2.75) is 19.6 Å². The van der Waals surface area contributed by atoms with Crippen molar-refractivity contribution in [1.82, 2.24) is 20.5 Å². The SMILES string of the molecule is CC(NC(=O)COCc1ccccc1)c1ncn[nH]1. The third kappa shape index (κ3) is 4.18. The van der Waals surface area contributed by atoms with Crippen LogP contribution in [0.4, 0.5) is 0 Å². The molecule has 1 amide bonds. The maximum absolute atomic E-state index is 11.6. The van der Waals surface area contributed by atoms with Gasteiger partial charge >= 0.3 is 0 Å². The van der Waals surface area contributed by atoms with Crippen molar-refractivity contribution in [2.24, 2.45) is 0 Å². The van der Waals surface area contributed by atoms with E-state index in [9.17, 15) is 4.79 Å². The smallest absolute Gasteiger partial charge is 0.246 e. The predicted molar refractivity (Wildman–Crippen MR) is 69.0 cm³/mol. The van der Waals surface area contributed by atoms with Gasteiger partial charge in [0.15, 0.2) is 0 Å². The van der Waals surface area contributed by atoms with E-state index in [-0.39, 0.29) is 18.6 Å². The highest BCUT2D eigenvalue weighted by Crippen LogP contribution is 2.04. The Morgan fingerprint density at radius 1 is 1.42 bits per heavy atom. The summed E-state index contributed by atoms with van der Waals surface area (Å²) in [6.45, 7) is 2.27. The summed E-state index contributed by atoms with van der Waals surface area (Å²) in [4.78, 5) is 15.6. The third-order valence-corrected chi connectivity index (χ3v) is 2.57. The van der Waals surface area contributed by atoms with Crippen LogP contribution in [0.2, 0.25) is 0 Å². The lowest BCUT2D eigenvalue weighted by Gasteiger charge is -2.11. The van der Waals surface area contributed by atoms with Gasteiger partial charge in [-0.2, -0.15) is 5.10 Å². The van der Waals surface area contributed by atoms with Crippen LogP contribution in [-0.2, 0) is 16.1 Å². The van der Waals surface area contributed by atoms with E-state index in [0.29, 0.717) is 12.4 Å². The number of ether oxygens (including phenoxy) is 1. The highest BCUT2D eigenvalue weighted by molar-refractivity contribution is 5.77. The number of nitrogens with zero attached hydrogens (tertiary/aromatic N) is 2. The van der Waals surface area contributed by atoms with E-state index in [2.05, 4.69) is 20.5 Å². The minimum absolute atomic E-state index is 0.0212. The van der Waals surface area contributed by atoms with Gasteiger partial charge < -0.3 is 10.1 Å². The fraction of sp³-hybridized carbons (Fsp3) is 0.308. The van der Waals surface area contributed by atoms with Gasteiger partial charge in [-0.3, -0.25) is 9.89 Å². The quantitative estimate of drug-likeness (QED) is 0.817. The number of hydrogen-bond acceptors (Lipinski definition) is 4. The van der Waals surface area contributed by atoms with Gasteiger partial charge in [-0.15, -0.1) is 0 Å². The summed E-state index contributed by atoms with van der Waals surface area (Å²) in [6.07, 6.45) is 1.41. The molecule has 0 aliphatic heterocycles. The number of carbonyl (C=O) groups is 1. The van der Waals surface area contributed by atoms with Crippen molar-refractivity contribution in [1.29, 1.82) is 0 Å². The average molecular weight is 260 g/mol. The van der Waals surface area contributed by atoms with Gasteiger partial charge in [0.2, 0.25) is 5.91 Å². The molecule has 1 heterocycles. The van der Waals surface area contributed by atoms with Crippen molar-refractivity contribution in [2.75, 3.05) is 6.61 Å². The number of hydrogen-bond donors (Lipinski definition) is 2. The first kappa shape index (κ1) is 13.2. The van der Waals surface area contributed by atoms with Gasteiger partial charge in [-0.05, 0) is 12.5 Å². The normalized spacial score (nSPS) is 12.1. The average Bonchev–Trinajstić information content (AvgIpc) is 2.94. The molecule has 1 aromatic carbocycles. The lowest BCUT2D eigenvalue weighted by atomic mass is 10.2. The highest BCUT2D eigenvalue weighted by Gasteiger charge is 2.11. The van der Waals surface area contributed by atoms with Crippen LogP contribution in [0.25, 0.3) is 0 Å². The maximum Gasteiger partial charge on any atom is 0.246 e. The molecular weight excluding hydrogens is 244 g/mol. The van der Waals surface area contributed by atoms with Gasteiger partial charge in [0.25, 0.3) is 0 Å². The Morgan fingerprint density at radius 2 is 2.21 bits per heavy atom. The lowest BCUT2D eigenvalue weighted by Crippen LogP contribution is -2.30. The molecule has 1 aromatic heterocycles. The molecule has 2 aromatic rings. The van der Waals surface area contributed by atoms with Crippen molar-refractivity contribution in [3.63, 3.8) is 0 Å². The standard InChI is InChI=1S/C13H16N4O2/c1-10(13-14-9-15-17-13)16-12(18)8-19-7-11-5-3-2-4-6-11/h2-6,9-10H,7-8H2,1H3,(H,16,18)(H,14,15,17). The second-order valence-electron chi connectivity index (χ2n) is 4.14. The van der Waals surface area contributed by atoms with E-state index in [4.69, 9.17) is 4.74 Å². The molecule has 0 saturated heterocycles. The molecule has 1 atom stereocenters. The van der Waals surface area contributed by atoms with Gasteiger partial charge in [0.05, 0.1) is 12.6 Å². The van der Waals surface area contributed by atoms with Crippen LogP contribution < -0.4 is 5.32 Å². The first-order valence-electron chi connectivity index (χ1n) is 6.02. The number of H-pyrrole nitrogens is 1. The molecule has 19 heavy (non-hydrogen) atoms. The summed E-state index contributed by atoms with van der Waals surface area (Å²) < 4.78 is 5.34. The molecule has 0 fully saturated rings. The van der Waals surface area contributed by atoms with E-state index in [1.165, 1.54) is 6.33 Å². The summed E-state index contributed by atoms with van der Waals surface area (Å²) in [5, 5.41) is 9.21. The molecule has 0 radical (unpaired) electrons. The van der Waals surface area contributed by atoms with Crippen LogP contribution in [-0.4, -0.2) is 27.7 Å². The monoisotopic (exact) mass is 260 g/mol. The van der Waals surface area contributed by atoms with Crippen molar-refractivity contribution >= 4 is 5.91 Å². The molecule has 0 aliphatic rings. The number of benzene rings is 1. The summed E-state index contributed by atoms with van der Waals surface area (Å²) >= 11 is 0. The second-order valence-corrected chi connectivity index (χ2v) is 4.14. The Labute approximate surface area is 111 Å². The van der Waals surface area contributed by atoms with E-state index < -0.39 is 0 Å². The van der Waals surface area contributed by atoms with Gasteiger partial charge in [-0.1, -0.05) is 30.3 Å². The molecule has 2 N–H and O–H groups in total. The first-order chi connectivity index (χ1) is 9.25. The van der Waals surface area contributed by atoms with Crippen LogP contribution in [0.1, 0.15) is 24.4 Å². The maximum atomic E-state index is 11.6. The molecule has 6 nitrogen and oxygen atoms in total. The minimum Gasteiger partial charge on any atom is -0.367 e. The molecule has 0 spiro atoms. The fourth-order valence-corrected chi connectivity index (χ4v) is 1.61. The Kier molecular flexibility index (Phi) is 4.63. The van der Waals surface area contributed by atoms with Crippen LogP contribution in [0, 0.1) is 0 Å². The third-order valence-electron chi connectivity index (χ3n) is 2.57. The first-order valence-corrected chi connectivity index (χ1v) is 6.02. The topological polar surface area (TPSA) is 79.9 Å². The zero-order valence-corrected chi connectivity index (χ0v) is 10.7.